The molecule has 146 valence electrons. The zero-order valence-corrected chi connectivity index (χ0v) is 16.8. The Bertz CT molecular complexity index is 672. The summed E-state index contributed by atoms with van der Waals surface area (Å²) >= 11 is 0. The van der Waals surface area contributed by atoms with E-state index >= 15 is 0 Å². The minimum atomic E-state index is -1.88. The Kier molecular flexibility index (Phi) is 4.16. The van der Waals surface area contributed by atoms with E-state index in [4.69, 9.17) is 4.74 Å². The molecule has 1 aliphatic heterocycles. The minimum absolute atomic E-state index is 0.0262. The van der Waals surface area contributed by atoms with Crippen molar-refractivity contribution in [1.29, 1.82) is 0 Å². The molecule has 1 saturated heterocycles. The molecule has 0 aromatic rings. The Morgan fingerprint density at radius 3 is 2.35 bits per heavy atom. The van der Waals surface area contributed by atoms with Crippen LogP contribution < -0.4 is 0 Å². The highest BCUT2D eigenvalue weighted by atomic mass is 16.6. The molecular formula is C21H32O5. The first kappa shape index (κ1) is 19.7. The van der Waals surface area contributed by atoms with Crippen LogP contribution in [0.15, 0.2) is 12.2 Å². The number of carbonyl (C=O) groups is 2. The predicted molar refractivity (Wildman–Crippen MR) is 97.5 cm³/mol. The van der Waals surface area contributed by atoms with Crippen molar-refractivity contribution in [1.82, 2.24) is 0 Å². The van der Waals surface area contributed by atoms with Gasteiger partial charge in [0.05, 0.1) is 5.60 Å². The highest BCUT2D eigenvalue weighted by Crippen LogP contribution is 2.64. The molecule has 0 aromatic heterocycles. The second-order valence-electron chi connectivity index (χ2n) is 10.1. The van der Waals surface area contributed by atoms with Crippen molar-refractivity contribution >= 4 is 11.6 Å². The second-order valence-corrected chi connectivity index (χ2v) is 10.1. The van der Waals surface area contributed by atoms with Crippen molar-refractivity contribution in [3.63, 3.8) is 0 Å². The molecule has 2 N–H and O–H groups in total. The van der Waals surface area contributed by atoms with Crippen molar-refractivity contribution in [2.45, 2.75) is 83.7 Å². The normalized spacial score (nSPS) is 41.8. The van der Waals surface area contributed by atoms with Crippen molar-refractivity contribution in [2.75, 3.05) is 0 Å². The van der Waals surface area contributed by atoms with Gasteiger partial charge in [-0.05, 0) is 57.3 Å². The number of hydrogen-bond donors (Lipinski definition) is 2. The zero-order chi connectivity index (χ0) is 19.9. The third kappa shape index (κ3) is 2.71. The molecule has 3 fully saturated rings. The maximum Gasteiger partial charge on any atom is 0.196 e. The lowest BCUT2D eigenvalue weighted by atomic mass is 9.82. The van der Waals surface area contributed by atoms with Gasteiger partial charge in [0.15, 0.2) is 22.8 Å². The third-order valence-corrected chi connectivity index (χ3v) is 7.16. The summed E-state index contributed by atoms with van der Waals surface area (Å²) in [6.07, 6.45) is 1.52. The highest BCUT2D eigenvalue weighted by molar-refractivity contribution is 6.17. The van der Waals surface area contributed by atoms with Gasteiger partial charge in [-0.1, -0.05) is 27.4 Å². The number of hydrogen-bond acceptors (Lipinski definition) is 5. The first-order valence-corrected chi connectivity index (χ1v) is 9.58. The van der Waals surface area contributed by atoms with E-state index < -0.39 is 22.9 Å². The Morgan fingerprint density at radius 2 is 1.88 bits per heavy atom. The van der Waals surface area contributed by atoms with E-state index in [-0.39, 0.29) is 28.5 Å². The Morgan fingerprint density at radius 1 is 1.31 bits per heavy atom. The summed E-state index contributed by atoms with van der Waals surface area (Å²) in [4.78, 5) is 25.2. The predicted octanol–water partition coefficient (Wildman–Crippen LogP) is 2.43. The van der Waals surface area contributed by atoms with Crippen molar-refractivity contribution in [3.05, 3.63) is 12.2 Å². The van der Waals surface area contributed by atoms with Gasteiger partial charge in [-0.15, -0.1) is 0 Å². The lowest BCUT2D eigenvalue weighted by Gasteiger charge is -2.26. The Hall–Kier alpha value is -1.04. The Balaban J connectivity index is 1.66. The van der Waals surface area contributed by atoms with Crippen molar-refractivity contribution in [2.24, 2.45) is 23.2 Å². The van der Waals surface area contributed by atoms with Gasteiger partial charge in [0, 0.05) is 11.5 Å². The number of epoxide rings is 1. The molecule has 0 amide bonds. The van der Waals surface area contributed by atoms with Crippen LogP contribution in [0.25, 0.3) is 0 Å². The van der Waals surface area contributed by atoms with E-state index in [1.54, 1.807) is 6.92 Å². The van der Waals surface area contributed by atoms with Crippen molar-refractivity contribution < 1.29 is 24.5 Å². The molecule has 1 heterocycles. The third-order valence-electron chi connectivity index (χ3n) is 7.16. The van der Waals surface area contributed by atoms with Gasteiger partial charge in [0.1, 0.15) is 6.10 Å². The zero-order valence-electron chi connectivity index (χ0n) is 16.8. The maximum absolute atomic E-state index is 13.0. The van der Waals surface area contributed by atoms with Gasteiger partial charge in [0.25, 0.3) is 0 Å². The largest absolute Gasteiger partial charge is 0.390 e. The van der Waals surface area contributed by atoms with Crippen LogP contribution in [0.2, 0.25) is 0 Å². The lowest BCUT2D eigenvalue weighted by Crippen LogP contribution is -2.47. The van der Waals surface area contributed by atoms with Gasteiger partial charge >= 0.3 is 0 Å². The summed E-state index contributed by atoms with van der Waals surface area (Å²) in [5.74, 6) is -0.280. The fourth-order valence-electron chi connectivity index (χ4n) is 5.05. The maximum atomic E-state index is 13.0. The molecule has 0 radical (unpaired) electrons. The van der Waals surface area contributed by atoms with Crippen LogP contribution >= 0.6 is 0 Å². The summed E-state index contributed by atoms with van der Waals surface area (Å²) < 4.78 is 5.36. The Labute approximate surface area is 155 Å². The average molecular weight is 364 g/mol. The molecule has 2 saturated carbocycles. The van der Waals surface area contributed by atoms with E-state index in [1.165, 1.54) is 0 Å². The molecule has 0 spiro atoms. The topological polar surface area (TPSA) is 87.1 Å². The van der Waals surface area contributed by atoms with Crippen LogP contribution in [0.1, 0.15) is 60.8 Å². The molecule has 5 nitrogen and oxygen atoms in total. The van der Waals surface area contributed by atoms with Crippen LogP contribution in [0, 0.1) is 23.2 Å². The summed E-state index contributed by atoms with van der Waals surface area (Å²) in [6.45, 7) is 15.1. The van der Waals surface area contributed by atoms with Crippen LogP contribution in [0.3, 0.4) is 0 Å². The van der Waals surface area contributed by atoms with Gasteiger partial charge in [-0.3, -0.25) is 9.59 Å². The molecule has 26 heavy (non-hydrogen) atoms. The molecule has 0 aromatic carbocycles. The highest BCUT2D eigenvalue weighted by Gasteiger charge is 2.78. The van der Waals surface area contributed by atoms with Crippen LogP contribution in [-0.4, -0.2) is 44.7 Å². The first-order valence-electron chi connectivity index (χ1n) is 9.58. The van der Waals surface area contributed by atoms with Crippen LogP contribution in [0.5, 0.6) is 0 Å². The molecule has 0 bridgehead atoms. The van der Waals surface area contributed by atoms with Crippen LogP contribution in [-0.2, 0) is 14.3 Å². The van der Waals surface area contributed by atoms with Crippen LogP contribution in [0.4, 0.5) is 0 Å². The minimum Gasteiger partial charge on any atom is -0.390 e. The van der Waals surface area contributed by atoms with Gasteiger partial charge < -0.3 is 14.9 Å². The molecule has 3 aliphatic rings. The lowest BCUT2D eigenvalue weighted by molar-refractivity contribution is -0.141. The van der Waals surface area contributed by atoms with E-state index in [2.05, 4.69) is 20.4 Å². The van der Waals surface area contributed by atoms with Gasteiger partial charge in [-0.2, -0.15) is 0 Å². The number of rotatable bonds is 7. The summed E-state index contributed by atoms with van der Waals surface area (Å²) in [7, 11) is 0. The standard InChI is InChI=1S/C21H32O5/c1-11(10-14-13(19(14,5)6)8-9-18(3,4)24)15(22)21(25)12(2)16(23)20(7)17(21)26-20/h11,13-14,17,24-25H,2,8-10H2,1,3-7H3/t11-,13+,14-,17-,20-,21?/m1/s1. The molecular weight excluding hydrogens is 332 g/mol. The number of aliphatic hydroxyl groups is 2. The fraction of sp³-hybridized carbons (Fsp3) is 0.810. The molecule has 2 aliphatic carbocycles. The number of ether oxygens (including phenoxy) is 1. The summed E-state index contributed by atoms with van der Waals surface area (Å²) in [5, 5.41) is 20.9. The average Bonchev–Trinajstić information content (AvgIpc) is 3.33. The van der Waals surface area contributed by atoms with E-state index in [1.807, 2.05) is 20.8 Å². The number of ketones is 2. The monoisotopic (exact) mass is 364 g/mol. The molecule has 3 rings (SSSR count). The summed E-state index contributed by atoms with van der Waals surface area (Å²) in [6, 6.07) is 0. The van der Waals surface area contributed by atoms with Gasteiger partial charge in [-0.25, -0.2) is 0 Å². The smallest absolute Gasteiger partial charge is 0.196 e. The van der Waals surface area contributed by atoms with Gasteiger partial charge in [0.2, 0.25) is 0 Å². The first-order chi connectivity index (χ1) is 11.7. The molecule has 5 heteroatoms. The molecule has 1 unspecified atom stereocenters. The second kappa shape index (κ2) is 5.49. The number of fused-ring (bicyclic) bond motifs is 1. The fourth-order valence-corrected chi connectivity index (χ4v) is 5.05. The van der Waals surface area contributed by atoms with E-state index in [0.717, 1.165) is 12.8 Å². The quantitative estimate of drug-likeness (QED) is 0.535. The number of Topliss-reactive ketones (excluding diaryl/α,β-unsaturated/α-hetero) is 2. The van der Waals surface area contributed by atoms with E-state index in [9.17, 15) is 19.8 Å². The van der Waals surface area contributed by atoms with Crippen molar-refractivity contribution in [3.8, 4) is 0 Å². The number of carbonyl (C=O) groups excluding carboxylic acids is 2. The molecule has 6 atom stereocenters. The summed E-state index contributed by atoms with van der Waals surface area (Å²) in [5.41, 5.74) is -3.55. The SMILES string of the molecule is C=C1C(=O)[C@@]2(C)O[C@H]2C1(O)C(=O)[C@H](C)C[C@@H]1[C@H](CCC(C)(C)O)C1(C)C. The van der Waals surface area contributed by atoms with E-state index in [0.29, 0.717) is 18.3 Å².